The standard InChI is InChI=1S/C17H11ClO4/c1-10-14(22-17(20)11-5-3-2-4-6-11)8-7-12-15(19)13(18)9-21-16(10)12/h2-9H,1H3. The van der Waals surface area contributed by atoms with Crippen LogP contribution in [-0.4, -0.2) is 5.97 Å². The minimum atomic E-state index is -0.473. The molecule has 0 saturated carbocycles. The van der Waals surface area contributed by atoms with E-state index >= 15 is 0 Å². The lowest BCUT2D eigenvalue weighted by Gasteiger charge is -2.09. The molecule has 0 amide bonds. The van der Waals surface area contributed by atoms with Crippen LogP contribution in [-0.2, 0) is 0 Å². The summed E-state index contributed by atoms with van der Waals surface area (Å²) in [5.74, 6) is -0.133. The molecular weight excluding hydrogens is 304 g/mol. The van der Waals surface area contributed by atoms with Crippen LogP contribution in [0, 0.1) is 6.92 Å². The van der Waals surface area contributed by atoms with E-state index in [4.69, 9.17) is 20.8 Å². The summed E-state index contributed by atoms with van der Waals surface area (Å²) < 4.78 is 10.7. The highest BCUT2D eigenvalue weighted by Gasteiger charge is 2.14. The van der Waals surface area contributed by atoms with Gasteiger partial charge in [0, 0.05) is 5.56 Å². The summed E-state index contributed by atoms with van der Waals surface area (Å²) >= 11 is 5.75. The van der Waals surface area contributed by atoms with Crippen molar-refractivity contribution in [2.75, 3.05) is 0 Å². The summed E-state index contributed by atoms with van der Waals surface area (Å²) in [6.07, 6.45) is 1.18. The van der Waals surface area contributed by atoms with Crippen molar-refractivity contribution in [3.63, 3.8) is 0 Å². The predicted octanol–water partition coefficient (Wildman–Crippen LogP) is 3.97. The van der Waals surface area contributed by atoms with Gasteiger partial charge in [-0.05, 0) is 31.2 Å². The lowest BCUT2D eigenvalue weighted by molar-refractivity contribution is 0.0733. The third-order valence-electron chi connectivity index (χ3n) is 3.31. The van der Waals surface area contributed by atoms with Crippen molar-refractivity contribution in [1.29, 1.82) is 0 Å². The Morgan fingerprint density at radius 3 is 2.59 bits per heavy atom. The Hall–Kier alpha value is -2.59. The molecule has 0 atom stereocenters. The van der Waals surface area contributed by atoms with Crippen LogP contribution >= 0.6 is 11.6 Å². The third kappa shape index (κ3) is 2.49. The fourth-order valence-corrected chi connectivity index (χ4v) is 2.29. The number of hydrogen-bond donors (Lipinski definition) is 0. The molecule has 110 valence electrons. The second-order valence-corrected chi connectivity index (χ2v) is 5.14. The molecule has 0 saturated heterocycles. The molecule has 0 unspecified atom stereocenters. The maximum atomic E-state index is 12.1. The molecule has 4 nitrogen and oxygen atoms in total. The van der Waals surface area contributed by atoms with Gasteiger partial charge >= 0.3 is 5.97 Å². The van der Waals surface area contributed by atoms with Gasteiger partial charge in [0.1, 0.15) is 22.6 Å². The smallest absolute Gasteiger partial charge is 0.343 e. The lowest BCUT2D eigenvalue weighted by atomic mass is 10.1. The van der Waals surface area contributed by atoms with Crippen molar-refractivity contribution < 1.29 is 13.9 Å². The highest BCUT2D eigenvalue weighted by atomic mass is 35.5. The van der Waals surface area contributed by atoms with Gasteiger partial charge in [0.05, 0.1) is 10.9 Å². The van der Waals surface area contributed by atoms with Crippen molar-refractivity contribution in [1.82, 2.24) is 0 Å². The Bertz CT molecular complexity index is 913. The van der Waals surface area contributed by atoms with Gasteiger partial charge < -0.3 is 9.15 Å². The van der Waals surface area contributed by atoms with Crippen molar-refractivity contribution in [3.8, 4) is 5.75 Å². The first kappa shape index (κ1) is 14.4. The van der Waals surface area contributed by atoms with Crippen LogP contribution in [0.4, 0.5) is 0 Å². The molecule has 0 aliphatic heterocycles. The molecule has 22 heavy (non-hydrogen) atoms. The molecule has 0 N–H and O–H groups in total. The second kappa shape index (κ2) is 5.66. The molecule has 1 aromatic heterocycles. The van der Waals surface area contributed by atoms with E-state index in [-0.39, 0.29) is 10.5 Å². The number of hydrogen-bond acceptors (Lipinski definition) is 4. The molecule has 0 aliphatic carbocycles. The van der Waals surface area contributed by atoms with Gasteiger partial charge in [-0.25, -0.2) is 4.79 Å². The molecule has 0 fully saturated rings. The molecule has 1 heterocycles. The van der Waals surface area contributed by atoms with Gasteiger partial charge in [0.2, 0.25) is 5.43 Å². The maximum absolute atomic E-state index is 12.1. The number of carbonyl (C=O) groups excluding carboxylic acids is 1. The quantitative estimate of drug-likeness (QED) is 0.530. The second-order valence-electron chi connectivity index (χ2n) is 4.73. The van der Waals surface area contributed by atoms with E-state index in [0.29, 0.717) is 27.8 Å². The average Bonchev–Trinajstić information content (AvgIpc) is 2.54. The van der Waals surface area contributed by atoms with Gasteiger partial charge in [-0.15, -0.1) is 0 Å². The zero-order valence-electron chi connectivity index (χ0n) is 11.6. The van der Waals surface area contributed by atoms with Crippen molar-refractivity contribution in [2.24, 2.45) is 0 Å². The molecule has 2 aromatic carbocycles. The van der Waals surface area contributed by atoms with Crippen molar-refractivity contribution >= 4 is 28.5 Å². The summed E-state index contributed by atoms with van der Waals surface area (Å²) in [6.45, 7) is 1.72. The fourth-order valence-electron chi connectivity index (χ4n) is 2.14. The van der Waals surface area contributed by atoms with Gasteiger partial charge in [-0.1, -0.05) is 29.8 Å². The minimum Gasteiger partial charge on any atom is -0.462 e. The summed E-state index contributed by atoms with van der Waals surface area (Å²) in [7, 11) is 0. The molecule has 0 aliphatic rings. The molecule has 0 spiro atoms. The summed E-state index contributed by atoms with van der Waals surface area (Å²) in [5.41, 5.74) is 1.05. The minimum absolute atomic E-state index is 0.0148. The Morgan fingerprint density at radius 2 is 1.86 bits per heavy atom. The van der Waals surface area contributed by atoms with Crippen LogP contribution in [0.5, 0.6) is 5.75 Å². The zero-order valence-corrected chi connectivity index (χ0v) is 12.4. The van der Waals surface area contributed by atoms with E-state index in [9.17, 15) is 9.59 Å². The third-order valence-corrected chi connectivity index (χ3v) is 3.57. The number of halogens is 1. The van der Waals surface area contributed by atoms with Gasteiger partial charge in [-0.3, -0.25) is 4.79 Å². The first-order chi connectivity index (χ1) is 10.6. The highest BCUT2D eigenvalue weighted by Crippen LogP contribution is 2.27. The first-order valence-electron chi connectivity index (χ1n) is 6.56. The summed E-state index contributed by atoms with van der Waals surface area (Å²) in [5, 5.41) is 0.366. The zero-order chi connectivity index (χ0) is 15.7. The molecule has 3 aromatic rings. The number of esters is 1. The van der Waals surface area contributed by atoms with E-state index in [0.717, 1.165) is 0 Å². The first-order valence-corrected chi connectivity index (χ1v) is 6.93. The van der Waals surface area contributed by atoms with Gasteiger partial charge in [-0.2, -0.15) is 0 Å². The van der Waals surface area contributed by atoms with Crippen LogP contribution in [0.1, 0.15) is 15.9 Å². The number of fused-ring (bicyclic) bond motifs is 1. The monoisotopic (exact) mass is 314 g/mol. The molecule has 3 rings (SSSR count). The maximum Gasteiger partial charge on any atom is 0.343 e. The number of ether oxygens (including phenoxy) is 1. The van der Waals surface area contributed by atoms with E-state index in [2.05, 4.69) is 0 Å². The molecule has 0 bridgehead atoms. The number of benzene rings is 2. The number of aryl methyl sites for hydroxylation is 1. The van der Waals surface area contributed by atoms with Gasteiger partial charge in [0.15, 0.2) is 0 Å². The Balaban J connectivity index is 2.02. The normalized spacial score (nSPS) is 10.6. The Kier molecular flexibility index (Phi) is 3.69. The molecule has 5 heteroatoms. The van der Waals surface area contributed by atoms with Crippen LogP contribution in [0.2, 0.25) is 5.02 Å². The summed E-state index contributed by atoms with van der Waals surface area (Å²) in [6, 6.07) is 11.8. The Labute approximate surface area is 130 Å². The van der Waals surface area contributed by atoms with E-state index in [1.807, 2.05) is 6.07 Å². The van der Waals surface area contributed by atoms with Gasteiger partial charge in [0.25, 0.3) is 0 Å². The SMILES string of the molecule is Cc1c(OC(=O)c2ccccc2)ccc2c(=O)c(Cl)coc12. The lowest BCUT2D eigenvalue weighted by Crippen LogP contribution is -2.10. The predicted molar refractivity (Wildman–Crippen MR) is 83.6 cm³/mol. The topological polar surface area (TPSA) is 56.5 Å². The number of carbonyl (C=O) groups is 1. The average molecular weight is 315 g/mol. The largest absolute Gasteiger partial charge is 0.462 e. The van der Waals surface area contributed by atoms with E-state index < -0.39 is 5.97 Å². The summed E-state index contributed by atoms with van der Waals surface area (Å²) in [4.78, 5) is 24.0. The Morgan fingerprint density at radius 1 is 1.14 bits per heavy atom. The highest BCUT2D eigenvalue weighted by molar-refractivity contribution is 6.30. The molecule has 0 radical (unpaired) electrons. The van der Waals surface area contributed by atoms with Crippen LogP contribution < -0.4 is 10.2 Å². The van der Waals surface area contributed by atoms with Crippen molar-refractivity contribution in [3.05, 3.63) is 75.1 Å². The van der Waals surface area contributed by atoms with E-state index in [1.54, 1.807) is 37.3 Å². The van der Waals surface area contributed by atoms with Crippen LogP contribution in [0.25, 0.3) is 11.0 Å². The van der Waals surface area contributed by atoms with Crippen LogP contribution in [0.3, 0.4) is 0 Å². The fraction of sp³-hybridized carbons (Fsp3) is 0.0588. The number of rotatable bonds is 2. The molecular formula is C17H11ClO4. The van der Waals surface area contributed by atoms with E-state index in [1.165, 1.54) is 12.3 Å². The van der Waals surface area contributed by atoms with Crippen LogP contribution in [0.15, 0.2) is 57.9 Å². The van der Waals surface area contributed by atoms with Crippen molar-refractivity contribution in [2.45, 2.75) is 6.92 Å².